The first-order valence-corrected chi connectivity index (χ1v) is 8.39. The molecule has 0 radical (unpaired) electrons. The lowest BCUT2D eigenvalue weighted by Gasteiger charge is -2.33. The molecule has 2 N–H and O–H groups in total. The molecule has 1 saturated heterocycles. The standard InChI is InChI=1S/C19H25NO3/c1-14-10-20(11-15(2)23-14)12-18(21)13-22-19-8-7-16-5-3-4-6-17(16)9-19/h3-9,14-15,18,21H,10-13H2,1-2H3/p+1/t14-,15-,18+/m1/s1. The van der Waals surface area contributed by atoms with Gasteiger partial charge in [0.2, 0.25) is 0 Å². The zero-order valence-electron chi connectivity index (χ0n) is 13.9. The second kappa shape index (κ2) is 7.30. The predicted octanol–water partition coefficient (Wildman–Crippen LogP) is 1.27. The maximum Gasteiger partial charge on any atom is 0.137 e. The summed E-state index contributed by atoms with van der Waals surface area (Å²) in [6.45, 7) is 7.09. The van der Waals surface area contributed by atoms with Crippen LogP contribution in [0.3, 0.4) is 0 Å². The van der Waals surface area contributed by atoms with Crippen LogP contribution >= 0.6 is 0 Å². The van der Waals surface area contributed by atoms with Gasteiger partial charge in [0.05, 0.1) is 0 Å². The lowest BCUT2D eigenvalue weighted by Crippen LogP contribution is -3.16. The van der Waals surface area contributed by atoms with Gasteiger partial charge in [-0.3, -0.25) is 0 Å². The lowest BCUT2D eigenvalue weighted by molar-refractivity contribution is -0.918. The molecule has 0 spiro atoms. The van der Waals surface area contributed by atoms with Crippen LogP contribution < -0.4 is 9.64 Å². The molecule has 23 heavy (non-hydrogen) atoms. The van der Waals surface area contributed by atoms with E-state index in [9.17, 15) is 5.11 Å². The number of hydrogen-bond acceptors (Lipinski definition) is 3. The van der Waals surface area contributed by atoms with Gasteiger partial charge in [-0.05, 0) is 36.8 Å². The largest absolute Gasteiger partial charge is 0.491 e. The van der Waals surface area contributed by atoms with Gasteiger partial charge in [-0.25, -0.2) is 0 Å². The van der Waals surface area contributed by atoms with Crippen LogP contribution in [-0.4, -0.2) is 49.7 Å². The third kappa shape index (κ3) is 4.44. The van der Waals surface area contributed by atoms with E-state index in [-0.39, 0.29) is 12.2 Å². The number of aliphatic hydroxyl groups is 1. The summed E-state index contributed by atoms with van der Waals surface area (Å²) in [5.41, 5.74) is 0. The van der Waals surface area contributed by atoms with E-state index < -0.39 is 6.10 Å². The molecule has 4 heteroatoms. The fourth-order valence-electron chi connectivity index (χ4n) is 3.40. The van der Waals surface area contributed by atoms with E-state index in [1.807, 2.05) is 30.3 Å². The van der Waals surface area contributed by atoms with Gasteiger partial charge in [0.25, 0.3) is 0 Å². The van der Waals surface area contributed by atoms with Gasteiger partial charge in [-0.1, -0.05) is 30.3 Å². The average Bonchev–Trinajstić information content (AvgIpc) is 2.52. The van der Waals surface area contributed by atoms with E-state index in [0.717, 1.165) is 24.2 Å². The lowest BCUT2D eigenvalue weighted by atomic mass is 10.1. The van der Waals surface area contributed by atoms with Crippen molar-refractivity contribution in [3.05, 3.63) is 42.5 Å². The number of benzene rings is 2. The van der Waals surface area contributed by atoms with Crippen molar-refractivity contribution in [3.63, 3.8) is 0 Å². The van der Waals surface area contributed by atoms with E-state index in [4.69, 9.17) is 9.47 Å². The van der Waals surface area contributed by atoms with E-state index >= 15 is 0 Å². The van der Waals surface area contributed by atoms with Crippen molar-refractivity contribution in [1.82, 2.24) is 0 Å². The first-order chi connectivity index (χ1) is 11.1. The molecule has 1 aliphatic rings. The first-order valence-electron chi connectivity index (χ1n) is 8.39. The van der Waals surface area contributed by atoms with Crippen LogP contribution in [0.15, 0.2) is 42.5 Å². The van der Waals surface area contributed by atoms with Crippen molar-refractivity contribution in [2.24, 2.45) is 0 Å². The number of hydrogen-bond donors (Lipinski definition) is 2. The monoisotopic (exact) mass is 316 g/mol. The summed E-state index contributed by atoms with van der Waals surface area (Å²) < 4.78 is 11.5. The molecule has 2 aromatic carbocycles. The molecular formula is C19H26NO3+. The highest BCUT2D eigenvalue weighted by atomic mass is 16.5. The molecule has 3 rings (SSSR count). The normalized spacial score (nSPS) is 26.1. The molecule has 0 aliphatic carbocycles. The zero-order chi connectivity index (χ0) is 16.2. The first kappa shape index (κ1) is 16.2. The highest BCUT2D eigenvalue weighted by Crippen LogP contribution is 2.20. The van der Waals surface area contributed by atoms with E-state index in [2.05, 4.69) is 26.0 Å². The summed E-state index contributed by atoms with van der Waals surface area (Å²) in [6.07, 6.45) is 0.0404. The van der Waals surface area contributed by atoms with Crippen LogP contribution in [0, 0.1) is 0 Å². The third-order valence-electron chi connectivity index (χ3n) is 4.30. The molecule has 4 nitrogen and oxygen atoms in total. The summed E-state index contributed by atoms with van der Waals surface area (Å²) in [6, 6.07) is 14.2. The second-order valence-corrected chi connectivity index (χ2v) is 6.59. The Morgan fingerprint density at radius 1 is 1.13 bits per heavy atom. The number of morpholine rings is 1. The predicted molar refractivity (Wildman–Crippen MR) is 91.0 cm³/mol. The molecule has 124 valence electrons. The summed E-state index contributed by atoms with van der Waals surface area (Å²) in [7, 11) is 0. The highest BCUT2D eigenvalue weighted by molar-refractivity contribution is 5.83. The topological polar surface area (TPSA) is 43.1 Å². The van der Waals surface area contributed by atoms with Gasteiger partial charge < -0.3 is 19.5 Å². The number of aliphatic hydroxyl groups excluding tert-OH is 1. The molecule has 0 amide bonds. The van der Waals surface area contributed by atoms with E-state index in [1.165, 1.54) is 10.3 Å². The van der Waals surface area contributed by atoms with Crippen LogP contribution in [0.1, 0.15) is 13.8 Å². The van der Waals surface area contributed by atoms with Crippen LogP contribution in [0.2, 0.25) is 0 Å². The average molecular weight is 316 g/mol. The van der Waals surface area contributed by atoms with Crippen molar-refractivity contribution in [2.75, 3.05) is 26.2 Å². The maximum absolute atomic E-state index is 10.3. The SMILES string of the molecule is C[C@@H]1C[NH+](C[C@H](O)COc2ccc3ccccc3c2)C[C@@H](C)O1. The fraction of sp³-hybridized carbons (Fsp3) is 0.474. The minimum Gasteiger partial charge on any atom is -0.491 e. The van der Waals surface area contributed by atoms with Crippen molar-refractivity contribution in [1.29, 1.82) is 0 Å². The van der Waals surface area contributed by atoms with Gasteiger partial charge in [0.15, 0.2) is 0 Å². The van der Waals surface area contributed by atoms with E-state index in [0.29, 0.717) is 13.2 Å². The number of rotatable bonds is 5. The minimum absolute atomic E-state index is 0.252. The van der Waals surface area contributed by atoms with Crippen molar-refractivity contribution in [2.45, 2.75) is 32.2 Å². The van der Waals surface area contributed by atoms with Gasteiger partial charge in [-0.2, -0.15) is 0 Å². The van der Waals surface area contributed by atoms with Gasteiger partial charge >= 0.3 is 0 Å². The Balaban J connectivity index is 1.52. The Morgan fingerprint density at radius 3 is 2.57 bits per heavy atom. The van der Waals surface area contributed by atoms with Gasteiger partial charge in [0.1, 0.15) is 50.3 Å². The Labute approximate surface area is 137 Å². The minimum atomic E-state index is -0.464. The Hall–Kier alpha value is -1.62. The number of ether oxygens (including phenoxy) is 2. The number of quaternary nitrogens is 1. The smallest absolute Gasteiger partial charge is 0.137 e. The molecule has 0 bridgehead atoms. The molecule has 2 aromatic rings. The Kier molecular flexibility index (Phi) is 5.16. The molecule has 0 unspecified atom stereocenters. The van der Waals surface area contributed by atoms with Gasteiger partial charge in [-0.15, -0.1) is 0 Å². The molecule has 1 heterocycles. The molecular weight excluding hydrogens is 290 g/mol. The maximum atomic E-state index is 10.3. The fourth-order valence-corrected chi connectivity index (χ4v) is 3.40. The Bertz CT molecular complexity index is 635. The van der Waals surface area contributed by atoms with Crippen molar-refractivity contribution >= 4 is 10.8 Å². The number of fused-ring (bicyclic) bond motifs is 1. The molecule has 0 aromatic heterocycles. The Morgan fingerprint density at radius 2 is 1.83 bits per heavy atom. The summed E-state index contributed by atoms with van der Waals surface area (Å²) >= 11 is 0. The van der Waals surface area contributed by atoms with Crippen molar-refractivity contribution in [3.8, 4) is 5.75 Å². The summed E-state index contributed by atoms with van der Waals surface area (Å²) in [5.74, 6) is 0.807. The van der Waals surface area contributed by atoms with E-state index in [1.54, 1.807) is 0 Å². The molecule has 1 aliphatic heterocycles. The van der Waals surface area contributed by atoms with Gasteiger partial charge in [0, 0.05) is 0 Å². The molecule has 0 saturated carbocycles. The highest BCUT2D eigenvalue weighted by Gasteiger charge is 2.27. The zero-order valence-corrected chi connectivity index (χ0v) is 13.9. The summed E-state index contributed by atoms with van der Waals surface area (Å²) in [5, 5.41) is 12.6. The van der Waals surface area contributed by atoms with Crippen LogP contribution in [0.25, 0.3) is 10.8 Å². The molecule has 1 fully saturated rings. The van der Waals surface area contributed by atoms with Crippen molar-refractivity contribution < 1.29 is 19.5 Å². The third-order valence-corrected chi connectivity index (χ3v) is 4.30. The van der Waals surface area contributed by atoms with Crippen LogP contribution in [-0.2, 0) is 4.74 Å². The number of nitrogens with one attached hydrogen (secondary N) is 1. The molecule has 3 atom stereocenters. The second-order valence-electron chi connectivity index (χ2n) is 6.59. The quantitative estimate of drug-likeness (QED) is 0.873. The summed E-state index contributed by atoms with van der Waals surface area (Å²) in [4.78, 5) is 1.38. The van der Waals surface area contributed by atoms with Crippen LogP contribution in [0.5, 0.6) is 5.75 Å². The van der Waals surface area contributed by atoms with Crippen LogP contribution in [0.4, 0.5) is 0 Å².